The van der Waals surface area contributed by atoms with Gasteiger partial charge in [-0.2, -0.15) is 11.8 Å². The van der Waals surface area contributed by atoms with E-state index in [1.165, 1.54) is 18.6 Å². The molecule has 0 aromatic rings. The largest absolute Gasteiger partial charge is 0.389 e. The summed E-state index contributed by atoms with van der Waals surface area (Å²) in [4.78, 5) is 0. The van der Waals surface area contributed by atoms with Gasteiger partial charge in [0.2, 0.25) is 0 Å². The van der Waals surface area contributed by atoms with Crippen molar-refractivity contribution < 1.29 is 14.6 Å². The summed E-state index contributed by atoms with van der Waals surface area (Å²) < 4.78 is 10.9. The second-order valence-electron chi connectivity index (χ2n) is 4.73. The lowest BCUT2D eigenvalue weighted by Gasteiger charge is -2.14. The zero-order valence-corrected chi connectivity index (χ0v) is 12.2. The van der Waals surface area contributed by atoms with Gasteiger partial charge in [-0.05, 0) is 44.2 Å². The normalized spacial score (nSPS) is 21.3. The van der Waals surface area contributed by atoms with E-state index in [4.69, 9.17) is 9.47 Å². The maximum Gasteiger partial charge on any atom is 0.0897 e. The van der Waals surface area contributed by atoms with Crippen molar-refractivity contribution in [1.82, 2.24) is 5.32 Å². The third-order valence-corrected chi connectivity index (χ3v) is 3.67. The quantitative estimate of drug-likeness (QED) is 0.557. The zero-order valence-electron chi connectivity index (χ0n) is 11.4. The van der Waals surface area contributed by atoms with Crippen LogP contribution in [0, 0.1) is 0 Å². The number of aliphatic hydroxyl groups excluding tert-OH is 1. The fraction of sp³-hybridized carbons (Fsp3) is 1.00. The first-order valence-corrected chi connectivity index (χ1v) is 8.29. The minimum atomic E-state index is -0.410. The van der Waals surface area contributed by atoms with Crippen LogP contribution in [-0.4, -0.2) is 62.2 Å². The number of thioether (sulfide) groups is 1. The first kappa shape index (κ1) is 16.2. The molecule has 0 saturated carbocycles. The second-order valence-corrected chi connectivity index (χ2v) is 5.72. The SMILES string of the molecule is CSCCCCNCC(O)COCC1CCCO1. The summed E-state index contributed by atoms with van der Waals surface area (Å²) in [6.45, 7) is 3.46. The standard InChI is InChI=1S/C13H27NO3S/c1-18-8-3-2-6-14-9-12(15)10-16-11-13-5-4-7-17-13/h12-15H,2-11H2,1H3. The van der Waals surface area contributed by atoms with Gasteiger partial charge in [-0.3, -0.25) is 0 Å². The highest BCUT2D eigenvalue weighted by Crippen LogP contribution is 2.11. The van der Waals surface area contributed by atoms with Gasteiger partial charge in [-0.25, -0.2) is 0 Å². The molecule has 0 amide bonds. The molecule has 1 aliphatic rings. The molecule has 1 heterocycles. The van der Waals surface area contributed by atoms with Crippen LogP contribution in [-0.2, 0) is 9.47 Å². The van der Waals surface area contributed by atoms with E-state index >= 15 is 0 Å². The average Bonchev–Trinajstić information content (AvgIpc) is 2.87. The summed E-state index contributed by atoms with van der Waals surface area (Å²) in [5.74, 6) is 1.22. The van der Waals surface area contributed by atoms with E-state index < -0.39 is 6.10 Å². The number of hydrogen-bond donors (Lipinski definition) is 2. The lowest BCUT2D eigenvalue weighted by molar-refractivity contribution is -0.0163. The first-order chi connectivity index (χ1) is 8.83. The molecule has 0 aromatic heterocycles. The molecule has 2 unspecified atom stereocenters. The topological polar surface area (TPSA) is 50.7 Å². The Bertz CT molecular complexity index is 189. The first-order valence-electron chi connectivity index (χ1n) is 6.90. The highest BCUT2D eigenvalue weighted by atomic mass is 32.2. The highest BCUT2D eigenvalue weighted by Gasteiger charge is 2.15. The minimum absolute atomic E-state index is 0.247. The molecular formula is C13H27NO3S. The molecule has 5 heteroatoms. The van der Waals surface area contributed by atoms with Crippen molar-refractivity contribution >= 4 is 11.8 Å². The minimum Gasteiger partial charge on any atom is -0.389 e. The predicted molar refractivity (Wildman–Crippen MR) is 76.3 cm³/mol. The van der Waals surface area contributed by atoms with Gasteiger partial charge in [-0.1, -0.05) is 0 Å². The Balaban J connectivity index is 1.82. The van der Waals surface area contributed by atoms with Crippen molar-refractivity contribution in [2.24, 2.45) is 0 Å². The van der Waals surface area contributed by atoms with Gasteiger partial charge in [0.25, 0.3) is 0 Å². The molecule has 1 fully saturated rings. The lowest BCUT2D eigenvalue weighted by Crippen LogP contribution is -2.32. The smallest absolute Gasteiger partial charge is 0.0897 e. The molecule has 0 spiro atoms. The third-order valence-electron chi connectivity index (χ3n) is 2.97. The number of rotatable bonds is 11. The Hall–Kier alpha value is 0.190. The van der Waals surface area contributed by atoms with Crippen LogP contribution in [0.2, 0.25) is 0 Å². The van der Waals surface area contributed by atoms with Gasteiger partial charge in [0.1, 0.15) is 0 Å². The number of ether oxygens (including phenoxy) is 2. The molecule has 2 N–H and O–H groups in total. The molecule has 0 aromatic carbocycles. The number of hydrogen-bond acceptors (Lipinski definition) is 5. The van der Waals surface area contributed by atoms with Crippen LogP contribution in [0.25, 0.3) is 0 Å². The Kier molecular flexibility index (Phi) is 9.98. The van der Waals surface area contributed by atoms with Crippen LogP contribution in [0.1, 0.15) is 25.7 Å². The summed E-state index contributed by atoms with van der Waals surface area (Å²) in [5.41, 5.74) is 0. The number of aliphatic hydroxyl groups is 1. The molecule has 108 valence electrons. The van der Waals surface area contributed by atoms with Gasteiger partial charge < -0.3 is 19.9 Å². The molecule has 0 bridgehead atoms. The van der Waals surface area contributed by atoms with Gasteiger partial charge >= 0.3 is 0 Å². The predicted octanol–water partition coefficient (Wildman–Crippen LogP) is 1.28. The highest BCUT2D eigenvalue weighted by molar-refractivity contribution is 7.98. The van der Waals surface area contributed by atoms with E-state index in [0.717, 1.165) is 26.0 Å². The fourth-order valence-electron chi connectivity index (χ4n) is 1.94. The molecule has 1 rings (SSSR count). The van der Waals surface area contributed by atoms with Crippen molar-refractivity contribution in [1.29, 1.82) is 0 Å². The Morgan fingerprint density at radius 2 is 2.39 bits per heavy atom. The summed E-state index contributed by atoms with van der Waals surface area (Å²) in [6, 6.07) is 0. The Labute approximate surface area is 115 Å². The monoisotopic (exact) mass is 277 g/mol. The molecule has 0 radical (unpaired) electrons. The van der Waals surface area contributed by atoms with Crippen LogP contribution >= 0.6 is 11.8 Å². The molecule has 2 atom stereocenters. The molecule has 1 aliphatic heterocycles. The fourth-order valence-corrected chi connectivity index (χ4v) is 2.43. The molecule has 0 aliphatic carbocycles. The molecule has 18 heavy (non-hydrogen) atoms. The summed E-state index contributed by atoms with van der Waals surface area (Å²) in [7, 11) is 0. The Morgan fingerprint density at radius 1 is 1.50 bits per heavy atom. The lowest BCUT2D eigenvalue weighted by atomic mass is 10.2. The van der Waals surface area contributed by atoms with E-state index in [9.17, 15) is 5.11 Å². The molecular weight excluding hydrogens is 250 g/mol. The maximum absolute atomic E-state index is 9.69. The second kappa shape index (κ2) is 11.1. The van der Waals surface area contributed by atoms with Crippen molar-refractivity contribution in [3.8, 4) is 0 Å². The van der Waals surface area contributed by atoms with Crippen LogP contribution < -0.4 is 5.32 Å². The van der Waals surface area contributed by atoms with Gasteiger partial charge in [0.15, 0.2) is 0 Å². The molecule has 4 nitrogen and oxygen atoms in total. The van der Waals surface area contributed by atoms with Crippen molar-refractivity contribution in [2.75, 3.05) is 44.9 Å². The van der Waals surface area contributed by atoms with Gasteiger partial charge in [0, 0.05) is 13.2 Å². The van der Waals surface area contributed by atoms with E-state index in [1.54, 1.807) is 0 Å². The van der Waals surface area contributed by atoms with Crippen molar-refractivity contribution in [3.63, 3.8) is 0 Å². The van der Waals surface area contributed by atoms with Crippen molar-refractivity contribution in [3.05, 3.63) is 0 Å². The van der Waals surface area contributed by atoms with Crippen LogP contribution in [0.3, 0.4) is 0 Å². The summed E-state index contributed by atoms with van der Waals surface area (Å²) >= 11 is 1.88. The van der Waals surface area contributed by atoms with Crippen molar-refractivity contribution in [2.45, 2.75) is 37.9 Å². The summed E-state index contributed by atoms with van der Waals surface area (Å²) in [5, 5.41) is 12.9. The van der Waals surface area contributed by atoms with Gasteiger partial charge in [-0.15, -0.1) is 0 Å². The average molecular weight is 277 g/mol. The van der Waals surface area contributed by atoms with Crippen LogP contribution in [0.4, 0.5) is 0 Å². The van der Waals surface area contributed by atoms with Gasteiger partial charge in [0.05, 0.1) is 25.4 Å². The molecule has 1 saturated heterocycles. The van der Waals surface area contributed by atoms with E-state index in [1.807, 2.05) is 11.8 Å². The Morgan fingerprint density at radius 3 is 3.11 bits per heavy atom. The summed E-state index contributed by atoms with van der Waals surface area (Å²) in [6.07, 6.45) is 6.59. The van der Waals surface area contributed by atoms with E-state index in [0.29, 0.717) is 19.8 Å². The third kappa shape index (κ3) is 8.32. The maximum atomic E-state index is 9.69. The van der Waals surface area contributed by atoms with Crippen LogP contribution in [0.5, 0.6) is 0 Å². The van der Waals surface area contributed by atoms with E-state index in [-0.39, 0.29) is 6.10 Å². The van der Waals surface area contributed by atoms with Crippen LogP contribution in [0.15, 0.2) is 0 Å². The van der Waals surface area contributed by atoms with E-state index in [2.05, 4.69) is 11.6 Å². The number of nitrogens with one attached hydrogen (secondary N) is 1. The zero-order chi connectivity index (χ0) is 13.1. The number of unbranched alkanes of at least 4 members (excludes halogenated alkanes) is 1.